The van der Waals surface area contributed by atoms with Gasteiger partial charge in [0.25, 0.3) is 0 Å². The zero-order valence-electron chi connectivity index (χ0n) is 24.2. The second kappa shape index (κ2) is 14.6. The van der Waals surface area contributed by atoms with Crippen LogP contribution in [0.2, 0.25) is 15.1 Å². The van der Waals surface area contributed by atoms with Crippen LogP contribution in [0.4, 0.5) is 18.9 Å². The Bertz CT molecular complexity index is 1640. The monoisotopic (exact) mass is 703 g/mol. The molecule has 0 aromatic heterocycles. The summed E-state index contributed by atoms with van der Waals surface area (Å²) >= 11 is 18.7. The summed E-state index contributed by atoms with van der Waals surface area (Å²) in [7, 11) is -4.35. The molecule has 0 spiro atoms. The number of rotatable bonds is 11. The molecule has 14 heteroatoms. The first-order chi connectivity index (χ1) is 21.1. The average Bonchev–Trinajstić information content (AvgIpc) is 3.47. The van der Waals surface area contributed by atoms with Crippen LogP contribution >= 0.6 is 34.8 Å². The molecule has 1 unspecified atom stereocenters. The van der Waals surface area contributed by atoms with Gasteiger partial charge in [-0.15, -0.1) is 0 Å². The minimum atomic E-state index is -4.80. The molecule has 4 rings (SSSR count). The van der Waals surface area contributed by atoms with Gasteiger partial charge in [-0.1, -0.05) is 84.0 Å². The van der Waals surface area contributed by atoms with Gasteiger partial charge in [-0.05, 0) is 54.3 Å². The number of benzene rings is 3. The number of sulfonamides is 1. The van der Waals surface area contributed by atoms with Gasteiger partial charge in [0, 0.05) is 29.1 Å². The predicted octanol–water partition coefficient (Wildman–Crippen LogP) is 7.13. The highest BCUT2D eigenvalue weighted by atomic mass is 35.5. The fourth-order valence-corrected chi connectivity index (χ4v) is 6.82. The fraction of sp³-hybridized carbons (Fsp3) is 0.355. The molecule has 0 aliphatic heterocycles. The highest BCUT2D eigenvalue weighted by Gasteiger charge is 2.36. The van der Waals surface area contributed by atoms with Crippen LogP contribution in [0.1, 0.15) is 42.4 Å². The van der Waals surface area contributed by atoms with E-state index in [-0.39, 0.29) is 29.1 Å². The molecule has 0 heterocycles. The number of hydrogen-bond acceptors (Lipinski definition) is 4. The lowest BCUT2D eigenvalue weighted by atomic mass is 10.0. The summed E-state index contributed by atoms with van der Waals surface area (Å²) in [6, 6.07) is 14.5. The molecular formula is C31H31Cl3F3N3O4S. The van der Waals surface area contributed by atoms with E-state index < -0.39 is 51.9 Å². The highest BCUT2D eigenvalue weighted by Crippen LogP contribution is 2.36. The second-order valence-corrected chi connectivity index (χ2v) is 14.0. The second-order valence-electron chi connectivity index (χ2n) is 10.9. The van der Waals surface area contributed by atoms with E-state index in [2.05, 4.69) is 5.32 Å². The van der Waals surface area contributed by atoms with Gasteiger partial charge in [-0.3, -0.25) is 13.9 Å². The van der Waals surface area contributed by atoms with Crippen molar-refractivity contribution in [1.29, 1.82) is 0 Å². The Kier molecular flexibility index (Phi) is 11.3. The third-order valence-electron chi connectivity index (χ3n) is 7.55. The summed E-state index contributed by atoms with van der Waals surface area (Å²) in [5, 5.41) is 3.26. The molecule has 45 heavy (non-hydrogen) atoms. The molecular weight excluding hydrogens is 674 g/mol. The molecule has 7 nitrogen and oxygen atoms in total. The van der Waals surface area contributed by atoms with E-state index in [4.69, 9.17) is 34.8 Å². The third-order valence-corrected chi connectivity index (χ3v) is 9.58. The third kappa shape index (κ3) is 9.28. The van der Waals surface area contributed by atoms with Crippen LogP contribution in [-0.2, 0) is 38.8 Å². The van der Waals surface area contributed by atoms with Crippen molar-refractivity contribution in [3.63, 3.8) is 0 Å². The van der Waals surface area contributed by atoms with Crippen molar-refractivity contribution in [2.24, 2.45) is 0 Å². The molecule has 0 bridgehead atoms. The van der Waals surface area contributed by atoms with Crippen LogP contribution in [0.15, 0.2) is 66.7 Å². The van der Waals surface area contributed by atoms with Crippen LogP contribution < -0.4 is 9.62 Å². The number of hydrogen-bond donors (Lipinski definition) is 1. The smallest absolute Gasteiger partial charge is 0.352 e. The molecule has 2 amide bonds. The summed E-state index contributed by atoms with van der Waals surface area (Å²) in [5.41, 5.74) is -0.526. The van der Waals surface area contributed by atoms with Crippen molar-refractivity contribution in [3.05, 3.63) is 98.5 Å². The number of alkyl halides is 3. The topological polar surface area (TPSA) is 86.8 Å². The molecule has 0 saturated heterocycles. The Morgan fingerprint density at radius 2 is 1.62 bits per heavy atom. The van der Waals surface area contributed by atoms with Gasteiger partial charge >= 0.3 is 6.18 Å². The van der Waals surface area contributed by atoms with Crippen LogP contribution in [0.25, 0.3) is 0 Å². The lowest BCUT2D eigenvalue weighted by Gasteiger charge is -2.34. The van der Waals surface area contributed by atoms with E-state index in [0.717, 1.165) is 43.6 Å². The van der Waals surface area contributed by atoms with Crippen LogP contribution in [-0.4, -0.2) is 50.0 Å². The van der Waals surface area contributed by atoms with Gasteiger partial charge in [0.15, 0.2) is 0 Å². The summed E-state index contributed by atoms with van der Waals surface area (Å²) in [6.45, 7) is -1.16. The Balaban J connectivity index is 1.79. The number of amides is 2. The standard InChI is InChI=1S/C31H31Cl3F3N3O4S/c1-45(43,44)40(27-16-22(31(35,36)37)12-14-25(27)33)19-29(41)39(18-21-11-13-23(32)17-26(21)34)28(15-20-7-3-2-4-8-20)30(42)38-24-9-5-6-10-24/h2-4,7-8,11-14,16-17,24,28H,5-6,9-10,15,18-19H2,1H3,(H,38,42). The molecule has 3 aromatic rings. The largest absolute Gasteiger partial charge is 0.416 e. The maximum Gasteiger partial charge on any atom is 0.416 e. The van der Waals surface area contributed by atoms with E-state index in [1.165, 1.54) is 11.0 Å². The first-order valence-electron chi connectivity index (χ1n) is 14.1. The molecule has 0 radical (unpaired) electrons. The van der Waals surface area contributed by atoms with Gasteiger partial charge in [0.1, 0.15) is 12.6 Å². The van der Waals surface area contributed by atoms with Gasteiger partial charge < -0.3 is 10.2 Å². The van der Waals surface area contributed by atoms with Crippen LogP contribution in [0.3, 0.4) is 0 Å². The van der Waals surface area contributed by atoms with Gasteiger partial charge in [-0.2, -0.15) is 13.2 Å². The predicted molar refractivity (Wildman–Crippen MR) is 170 cm³/mol. The summed E-state index contributed by atoms with van der Waals surface area (Å²) < 4.78 is 67.2. The summed E-state index contributed by atoms with van der Waals surface area (Å²) in [5.74, 6) is -1.31. The first-order valence-corrected chi connectivity index (χ1v) is 17.0. The SMILES string of the molecule is CS(=O)(=O)N(CC(=O)N(Cc1ccc(Cl)cc1Cl)C(Cc1ccccc1)C(=O)NC1CCCC1)c1cc(C(F)(F)F)ccc1Cl. The number of halogens is 6. The Morgan fingerprint density at radius 3 is 2.22 bits per heavy atom. The van der Waals surface area contributed by atoms with E-state index in [1.54, 1.807) is 42.5 Å². The molecule has 1 fully saturated rings. The molecule has 3 aromatic carbocycles. The van der Waals surface area contributed by atoms with Gasteiger partial charge in [0.05, 0.1) is 22.5 Å². The van der Waals surface area contributed by atoms with E-state index in [0.29, 0.717) is 27.0 Å². The molecule has 1 aliphatic rings. The summed E-state index contributed by atoms with van der Waals surface area (Å²) in [4.78, 5) is 29.3. The van der Waals surface area contributed by atoms with E-state index in [1.807, 2.05) is 0 Å². The molecule has 1 saturated carbocycles. The maximum atomic E-state index is 14.2. The minimum Gasteiger partial charge on any atom is -0.352 e. The Hall–Kier alpha value is -2.99. The number of carbonyl (C=O) groups is 2. The quantitative estimate of drug-likeness (QED) is 0.230. The number of carbonyl (C=O) groups excluding carboxylic acids is 2. The Morgan fingerprint density at radius 1 is 0.956 bits per heavy atom. The van der Waals surface area contributed by atoms with Gasteiger partial charge in [0.2, 0.25) is 21.8 Å². The lowest BCUT2D eigenvalue weighted by Crippen LogP contribution is -2.54. The molecule has 242 valence electrons. The van der Waals surface area contributed by atoms with E-state index in [9.17, 15) is 31.2 Å². The number of anilines is 1. The number of nitrogens with one attached hydrogen (secondary N) is 1. The summed E-state index contributed by atoms with van der Waals surface area (Å²) in [6.07, 6.45) is -0.543. The van der Waals surface area contributed by atoms with Crippen molar-refractivity contribution in [1.82, 2.24) is 10.2 Å². The van der Waals surface area contributed by atoms with E-state index >= 15 is 0 Å². The average molecular weight is 705 g/mol. The minimum absolute atomic E-state index is 0.0690. The zero-order valence-corrected chi connectivity index (χ0v) is 27.2. The van der Waals surface area contributed by atoms with Crippen LogP contribution in [0.5, 0.6) is 0 Å². The normalized spacial score (nSPS) is 14.6. The van der Waals surface area contributed by atoms with Gasteiger partial charge in [-0.25, -0.2) is 8.42 Å². The number of nitrogens with zero attached hydrogens (tertiary/aromatic N) is 2. The zero-order chi connectivity index (χ0) is 32.9. The fourth-order valence-electron chi connectivity index (χ4n) is 5.23. The first kappa shape index (κ1) is 34.9. The van der Waals surface area contributed by atoms with Crippen molar-refractivity contribution in [2.75, 3.05) is 17.1 Å². The molecule has 1 N–H and O–H groups in total. The molecule has 1 atom stereocenters. The maximum absolute atomic E-state index is 14.2. The van der Waals surface area contributed by atoms with Crippen molar-refractivity contribution in [2.45, 2.75) is 56.9 Å². The Labute approximate surface area is 275 Å². The van der Waals surface area contributed by atoms with Crippen molar-refractivity contribution >= 4 is 62.3 Å². The molecule has 1 aliphatic carbocycles. The highest BCUT2D eigenvalue weighted by molar-refractivity contribution is 7.92. The van der Waals surface area contributed by atoms with Crippen LogP contribution in [0, 0.1) is 0 Å². The lowest BCUT2D eigenvalue weighted by molar-refractivity contribution is -0.140. The van der Waals surface area contributed by atoms with Crippen molar-refractivity contribution < 1.29 is 31.2 Å². The van der Waals surface area contributed by atoms with Crippen molar-refractivity contribution in [3.8, 4) is 0 Å².